The largest absolute Gasteiger partial charge is 0.519 e. The van der Waals surface area contributed by atoms with E-state index in [1.807, 2.05) is 0 Å². The number of amides is 1. The smallest absolute Gasteiger partial charge is 0.394 e. The van der Waals surface area contributed by atoms with E-state index in [-0.39, 0.29) is 18.3 Å². The van der Waals surface area contributed by atoms with Crippen molar-refractivity contribution in [2.75, 3.05) is 11.4 Å². The first-order valence-electron chi connectivity index (χ1n) is 11.3. The van der Waals surface area contributed by atoms with E-state index < -0.39 is 16.6 Å². The van der Waals surface area contributed by atoms with Gasteiger partial charge in [0.1, 0.15) is 5.69 Å². The monoisotopic (exact) mass is 581 g/mol. The number of nitrogens with zero attached hydrogens (tertiary/aromatic N) is 2. The molecule has 0 bridgehead atoms. The van der Waals surface area contributed by atoms with Crippen molar-refractivity contribution in [3.63, 3.8) is 0 Å². The lowest BCUT2D eigenvalue weighted by molar-refractivity contribution is -0.117. The Balaban J connectivity index is 1.49. The molecule has 0 radical (unpaired) electrons. The van der Waals surface area contributed by atoms with Crippen molar-refractivity contribution in [1.29, 1.82) is 0 Å². The highest BCUT2D eigenvalue weighted by Crippen LogP contribution is 2.37. The van der Waals surface area contributed by atoms with Crippen molar-refractivity contribution >= 4 is 58.0 Å². The topological polar surface area (TPSA) is 102 Å². The van der Waals surface area contributed by atoms with Gasteiger partial charge >= 0.3 is 5.82 Å². The lowest BCUT2D eigenvalue weighted by atomic mass is 10.1. The molecular weight excluding hydrogens is 564 g/mol. The van der Waals surface area contributed by atoms with Gasteiger partial charge in [-0.3, -0.25) is 4.79 Å². The lowest BCUT2D eigenvalue weighted by Gasteiger charge is -2.23. The van der Waals surface area contributed by atoms with Gasteiger partial charge in [0.05, 0.1) is 22.6 Å². The van der Waals surface area contributed by atoms with Gasteiger partial charge in [-0.2, -0.15) is 0 Å². The molecule has 1 fully saturated rings. The van der Waals surface area contributed by atoms with Crippen LogP contribution in [0, 0.1) is 0 Å². The summed E-state index contributed by atoms with van der Waals surface area (Å²) in [6.45, 7) is 0.669. The van der Waals surface area contributed by atoms with Crippen LogP contribution in [0.4, 0.5) is 5.69 Å². The maximum absolute atomic E-state index is 13.0. The van der Waals surface area contributed by atoms with Crippen molar-refractivity contribution in [2.45, 2.75) is 30.3 Å². The molecule has 4 aromatic rings. The highest BCUT2D eigenvalue weighted by atomic mass is 35.5. The molecular formula is C25H19Cl4N3O5. The molecule has 192 valence electrons. The Morgan fingerprint density at radius 1 is 1.11 bits per heavy atom. The number of aromatic nitrogens is 1. The molecule has 0 spiro atoms. The average Bonchev–Trinajstić information content (AvgIpc) is 3.63. The molecule has 0 saturated carbocycles. The zero-order chi connectivity index (χ0) is 26.1. The van der Waals surface area contributed by atoms with E-state index in [1.54, 1.807) is 48.5 Å². The number of halogens is 4. The van der Waals surface area contributed by atoms with Gasteiger partial charge in [-0.15, -0.1) is 0 Å². The fourth-order valence-electron chi connectivity index (χ4n) is 4.26. The van der Waals surface area contributed by atoms with Crippen molar-refractivity contribution in [2.24, 2.45) is 0 Å². The molecule has 2 aromatic carbocycles. The molecule has 5 rings (SSSR count). The minimum absolute atomic E-state index is 0.117. The van der Waals surface area contributed by atoms with Crippen LogP contribution >= 0.6 is 46.4 Å². The number of carbonyl (C=O) groups is 1. The molecule has 1 aliphatic heterocycles. The zero-order valence-electron chi connectivity index (χ0n) is 19.0. The summed E-state index contributed by atoms with van der Waals surface area (Å²) in [7, 11) is 0. The summed E-state index contributed by atoms with van der Waals surface area (Å²) >= 11 is 24.5. The molecule has 8 nitrogen and oxygen atoms in total. The first-order valence-corrected chi connectivity index (χ1v) is 12.9. The summed E-state index contributed by atoms with van der Waals surface area (Å²) in [6, 6.07) is 13.6. The second-order valence-electron chi connectivity index (χ2n) is 8.34. The van der Waals surface area contributed by atoms with Crippen LogP contribution in [-0.4, -0.2) is 22.4 Å². The molecule has 37 heavy (non-hydrogen) atoms. The molecule has 1 unspecified atom stereocenters. The standard InChI is InChI=1S/C25H19Cl4N3O5/c26-15-6-2-7-16(27)21(15)18-11-19(37-31-18)13-4-1-5-14(10-13)32(24(33)23(28)29)12-20-22(36-25(34)35-20)17-8-3-9-30-17/h1-2,4-7,10-11,17,23,30H,3,8-9,12H2. The third-order valence-corrected chi connectivity index (χ3v) is 6.98. The highest BCUT2D eigenvalue weighted by molar-refractivity contribution is 6.54. The number of hydrogen-bond acceptors (Lipinski definition) is 7. The molecule has 1 N–H and O–H groups in total. The fourth-order valence-corrected chi connectivity index (χ4v) is 5.09. The number of nitrogens with one attached hydrogen (secondary N) is 1. The van der Waals surface area contributed by atoms with E-state index in [2.05, 4.69) is 10.5 Å². The average molecular weight is 583 g/mol. The van der Waals surface area contributed by atoms with Crippen LogP contribution in [0.15, 0.2) is 66.7 Å². The molecule has 2 aromatic heterocycles. The van der Waals surface area contributed by atoms with E-state index in [0.717, 1.165) is 19.4 Å². The fraction of sp³-hybridized carbons (Fsp3) is 0.240. The normalized spacial score (nSPS) is 15.4. The van der Waals surface area contributed by atoms with Gasteiger partial charge in [0, 0.05) is 22.9 Å². The predicted octanol–water partition coefficient (Wildman–Crippen LogP) is 6.62. The zero-order valence-corrected chi connectivity index (χ0v) is 22.1. The minimum Gasteiger partial charge on any atom is -0.394 e. The number of carbonyl (C=O) groups excluding carboxylic acids is 1. The van der Waals surface area contributed by atoms with Gasteiger partial charge in [0.25, 0.3) is 5.91 Å². The summed E-state index contributed by atoms with van der Waals surface area (Å²) in [5, 5.41) is 8.24. The van der Waals surface area contributed by atoms with Crippen LogP contribution in [0.3, 0.4) is 0 Å². The second kappa shape index (κ2) is 10.9. The molecule has 3 heterocycles. The third-order valence-electron chi connectivity index (χ3n) is 5.98. The van der Waals surface area contributed by atoms with Gasteiger partial charge in [0.15, 0.2) is 22.1 Å². The quantitative estimate of drug-likeness (QED) is 0.244. The van der Waals surface area contributed by atoms with Gasteiger partial charge in [-0.05, 0) is 43.7 Å². The molecule has 1 saturated heterocycles. The van der Waals surface area contributed by atoms with Crippen LogP contribution in [-0.2, 0) is 11.3 Å². The molecule has 1 amide bonds. The maximum Gasteiger partial charge on any atom is 0.519 e. The van der Waals surface area contributed by atoms with E-state index in [9.17, 15) is 9.59 Å². The van der Waals surface area contributed by atoms with Crippen molar-refractivity contribution in [1.82, 2.24) is 10.5 Å². The van der Waals surface area contributed by atoms with E-state index in [4.69, 9.17) is 59.8 Å². The van der Waals surface area contributed by atoms with E-state index in [1.165, 1.54) is 4.90 Å². The lowest BCUT2D eigenvalue weighted by Crippen LogP contribution is -2.34. The summed E-state index contributed by atoms with van der Waals surface area (Å²) < 4.78 is 16.2. The Morgan fingerprint density at radius 3 is 2.57 bits per heavy atom. The summed E-state index contributed by atoms with van der Waals surface area (Å²) in [6.07, 6.45) is 1.70. The Hall–Kier alpha value is -2.75. The number of hydrogen-bond donors (Lipinski definition) is 1. The Labute approximate surface area is 231 Å². The predicted molar refractivity (Wildman–Crippen MR) is 141 cm³/mol. The van der Waals surface area contributed by atoms with Gasteiger partial charge in [-0.1, -0.05) is 69.8 Å². The Bertz CT molecular complexity index is 1470. The minimum atomic E-state index is -1.35. The molecule has 0 aliphatic carbocycles. The first-order chi connectivity index (χ1) is 17.8. The Kier molecular flexibility index (Phi) is 7.65. The van der Waals surface area contributed by atoms with Crippen LogP contribution in [0.2, 0.25) is 10.0 Å². The molecule has 12 heteroatoms. The van der Waals surface area contributed by atoms with Gasteiger partial charge < -0.3 is 23.6 Å². The number of alkyl halides is 2. The van der Waals surface area contributed by atoms with Gasteiger partial charge in [0.2, 0.25) is 0 Å². The highest BCUT2D eigenvalue weighted by Gasteiger charge is 2.30. The maximum atomic E-state index is 13.0. The SMILES string of the molecule is O=C(C(Cl)Cl)N(Cc1oc(=O)oc1C1CCCN1)c1cccc(-c2cc(-c3c(Cl)cccc3Cl)no2)c1. The van der Waals surface area contributed by atoms with Crippen LogP contribution in [0.5, 0.6) is 0 Å². The number of benzene rings is 2. The Morgan fingerprint density at radius 2 is 1.86 bits per heavy atom. The van der Waals surface area contributed by atoms with Crippen LogP contribution in [0.25, 0.3) is 22.6 Å². The first kappa shape index (κ1) is 25.9. The van der Waals surface area contributed by atoms with Crippen LogP contribution < -0.4 is 16.0 Å². The van der Waals surface area contributed by atoms with Crippen molar-refractivity contribution in [3.8, 4) is 22.6 Å². The van der Waals surface area contributed by atoms with Crippen molar-refractivity contribution < 1.29 is 18.2 Å². The summed E-state index contributed by atoms with van der Waals surface area (Å²) in [5.41, 5.74) is 2.06. The number of anilines is 1. The van der Waals surface area contributed by atoms with Crippen LogP contribution in [0.1, 0.15) is 30.4 Å². The van der Waals surface area contributed by atoms with E-state index >= 15 is 0 Å². The van der Waals surface area contributed by atoms with Gasteiger partial charge in [-0.25, -0.2) is 4.79 Å². The van der Waals surface area contributed by atoms with Crippen molar-refractivity contribution in [3.05, 3.63) is 80.7 Å². The molecule has 1 atom stereocenters. The third kappa shape index (κ3) is 5.44. The second-order valence-corrected chi connectivity index (χ2v) is 10.2. The summed E-state index contributed by atoms with van der Waals surface area (Å²) in [5.74, 6) is -0.461. The molecule has 1 aliphatic rings. The number of rotatable bonds is 7. The summed E-state index contributed by atoms with van der Waals surface area (Å²) in [4.78, 5) is 24.9. The van der Waals surface area contributed by atoms with E-state index in [0.29, 0.717) is 44.1 Å².